The highest BCUT2D eigenvalue weighted by Gasteiger charge is 2.23. The fraction of sp³-hybridized carbons (Fsp3) is 0.136. The van der Waals surface area contributed by atoms with Gasteiger partial charge in [-0.2, -0.15) is 8.42 Å². The van der Waals surface area contributed by atoms with Gasteiger partial charge in [0.05, 0.1) is 6.61 Å². The van der Waals surface area contributed by atoms with Crippen molar-refractivity contribution in [2.45, 2.75) is 24.5 Å². The van der Waals surface area contributed by atoms with Gasteiger partial charge in [-0.1, -0.05) is 60.2 Å². The summed E-state index contributed by atoms with van der Waals surface area (Å²) in [5.74, 6) is -1.17. The number of carbonyl (C=O) groups is 1. The maximum Gasteiger partial charge on any atom is 0.339 e. The summed E-state index contributed by atoms with van der Waals surface area (Å²) >= 11 is 0. The molecule has 0 aromatic heterocycles. The van der Waals surface area contributed by atoms with E-state index >= 15 is 0 Å². The smallest absolute Gasteiger partial charge is 0.339 e. The molecule has 0 spiro atoms. The first-order valence-electron chi connectivity index (χ1n) is 8.84. The molecule has 0 aliphatic carbocycles. The van der Waals surface area contributed by atoms with E-state index in [1.807, 2.05) is 37.3 Å². The zero-order valence-electron chi connectivity index (χ0n) is 15.7. The van der Waals surface area contributed by atoms with Crippen LogP contribution in [0, 0.1) is 6.92 Å². The number of hydrogen-bond acceptors (Lipinski definition) is 5. The van der Waals surface area contributed by atoms with Crippen molar-refractivity contribution in [3.8, 4) is 5.75 Å². The number of hydrogen-bond donors (Lipinski definition) is 1. The maximum atomic E-state index is 12.5. The molecular formula is C22H20O6S. The minimum absolute atomic E-state index is 0.0117. The molecule has 0 aliphatic rings. The fourth-order valence-electron chi connectivity index (χ4n) is 2.67. The molecule has 7 heteroatoms. The third kappa shape index (κ3) is 5.43. The lowest BCUT2D eigenvalue weighted by molar-refractivity contribution is -0.151. The number of carboxylic acid groups (broad SMARTS) is 1. The fourth-order valence-corrected chi connectivity index (χ4v) is 3.60. The third-order valence-electron chi connectivity index (χ3n) is 4.16. The Balaban J connectivity index is 1.79. The van der Waals surface area contributed by atoms with Gasteiger partial charge in [0, 0.05) is 0 Å². The normalized spacial score (nSPS) is 12.3. The van der Waals surface area contributed by atoms with Gasteiger partial charge in [-0.25, -0.2) is 4.79 Å². The Morgan fingerprint density at radius 2 is 1.66 bits per heavy atom. The second kappa shape index (κ2) is 8.89. The van der Waals surface area contributed by atoms with Crippen molar-refractivity contribution in [1.29, 1.82) is 0 Å². The molecule has 150 valence electrons. The average Bonchev–Trinajstić information content (AvgIpc) is 2.69. The predicted octanol–water partition coefficient (Wildman–Crippen LogP) is 4.11. The average molecular weight is 412 g/mol. The highest BCUT2D eigenvalue weighted by atomic mass is 32.2. The van der Waals surface area contributed by atoms with Crippen LogP contribution >= 0.6 is 0 Å². The number of benzene rings is 3. The molecule has 0 fully saturated rings. The summed E-state index contributed by atoms with van der Waals surface area (Å²) in [6.07, 6.45) is -1.26. The standard InChI is InChI=1S/C22H20O6S/c1-16-10-12-20(13-11-16)29(25,26)28-19-9-5-8-18(14-19)21(22(23)24)27-15-17-6-3-2-4-7-17/h2-14,21H,15H2,1H3,(H,23,24). The van der Waals surface area contributed by atoms with Crippen molar-refractivity contribution < 1.29 is 27.2 Å². The molecule has 1 unspecified atom stereocenters. The van der Waals surface area contributed by atoms with E-state index in [0.717, 1.165) is 11.1 Å². The zero-order chi connectivity index (χ0) is 20.9. The Labute approximate surface area is 169 Å². The molecule has 6 nitrogen and oxygen atoms in total. The number of ether oxygens (including phenoxy) is 1. The van der Waals surface area contributed by atoms with E-state index in [2.05, 4.69) is 0 Å². The molecule has 0 aliphatic heterocycles. The molecule has 0 saturated carbocycles. The van der Waals surface area contributed by atoms with Crippen LogP contribution in [-0.2, 0) is 26.3 Å². The van der Waals surface area contributed by atoms with Crippen LogP contribution in [0.15, 0.2) is 83.8 Å². The van der Waals surface area contributed by atoms with Crippen LogP contribution in [0.1, 0.15) is 22.8 Å². The van der Waals surface area contributed by atoms with Crippen molar-refractivity contribution in [3.63, 3.8) is 0 Å². The summed E-state index contributed by atoms with van der Waals surface area (Å²) in [5.41, 5.74) is 2.03. The van der Waals surface area contributed by atoms with E-state index in [0.29, 0.717) is 0 Å². The first kappa shape index (κ1) is 20.6. The number of carboxylic acids is 1. The third-order valence-corrected chi connectivity index (χ3v) is 5.42. The Morgan fingerprint density at radius 3 is 2.31 bits per heavy atom. The summed E-state index contributed by atoms with van der Waals surface area (Å²) < 4.78 is 35.7. The molecule has 1 N–H and O–H groups in total. The van der Waals surface area contributed by atoms with Crippen LogP contribution < -0.4 is 4.18 Å². The Kier molecular flexibility index (Phi) is 6.31. The van der Waals surface area contributed by atoms with E-state index in [1.165, 1.54) is 30.3 Å². The molecular weight excluding hydrogens is 392 g/mol. The molecule has 1 atom stereocenters. The van der Waals surface area contributed by atoms with E-state index in [9.17, 15) is 18.3 Å². The molecule has 0 saturated heterocycles. The van der Waals surface area contributed by atoms with Gasteiger partial charge in [-0.05, 0) is 42.3 Å². The predicted molar refractivity (Wildman–Crippen MR) is 107 cm³/mol. The van der Waals surface area contributed by atoms with Gasteiger partial charge in [0.2, 0.25) is 0 Å². The largest absolute Gasteiger partial charge is 0.479 e. The Morgan fingerprint density at radius 1 is 0.966 bits per heavy atom. The van der Waals surface area contributed by atoms with Crippen molar-refractivity contribution in [2.75, 3.05) is 0 Å². The lowest BCUT2D eigenvalue weighted by atomic mass is 10.1. The minimum atomic E-state index is -4.04. The van der Waals surface area contributed by atoms with Gasteiger partial charge < -0.3 is 14.0 Å². The highest BCUT2D eigenvalue weighted by molar-refractivity contribution is 7.87. The molecule has 3 aromatic rings. The second-order valence-electron chi connectivity index (χ2n) is 6.44. The first-order valence-corrected chi connectivity index (χ1v) is 10.3. The summed E-state index contributed by atoms with van der Waals surface area (Å²) in [6, 6.07) is 21.3. The van der Waals surface area contributed by atoms with Crippen molar-refractivity contribution >= 4 is 16.1 Å². The Bertz CT molecular complexity index is 1080. The van der Waals surface area contributed by atoms with Gasteiger partial charge >= 0.3 is 16.1 Å². The monoisotopic (exact) mass is 412 g/mol. The van der Waals surface area contributed by atoms with E-state index in [1.54, 1.807) is 18.2 Å². The van der Waals surface area contributed by atoms with Gasteiger partial charge in [0.15, 0.2) is 6.10 Å². The van der Waals surface area contributed by atoms with Crippen molar-refractivity contribution in [1.82, 2.24) is 0 Å². The van der Waals surface area contributed by atoms with Gasteiger partial charge in [-0.15, -0.1) is 0 Å². The van der Waals surface area contributed by atoms with Gasteiger partial charge in [-0.3, -0.25) is 0 Å². The summed E-state index contributed by atoms with van der Waals surface area (Å²) in [4.78, 5) is 11.7. The first-order chi connectivity index (χ1) is 13.8. The quantitative estimate of drug-likeness (QED) is 0.560. The number of aliphatic carboxylic acids is 1. The molecule has 0 radical (unpaired) electrons. The van der Waals surface area contributed by atoms with Gasteiger partial charge in [0.1, 0.15) is 10.6 Å². The lowest BCUT2D eigenvalue weighted by Gasteiger charge is -2.15. The highest BCUT2D eigenvalue weighted by Crippen LogP contribution is 2.26. The van der Waals surface area contributed by atoms with Crippen LogP contribution in [0.3, 0.4) is 0 Å². The molecule has 3 rings (SSSR count). The molecule has 3 aromatic carbocycles. The number of aryl methyl sites for hydroxylation is 1. The molecule has 29 heavy (non-hydrogen) atoms. The Hall–Kier alpha value is -3.16. The summed E-state index contributed by atoms with van der Waals surface area (Å²) in [5, 5.41) is 9.55. The second-order valence-corrected chi connectivity index (χ2v) is 7.98. The van der Waals surface area contributed by atoms with Gasteiger partial charge in [0.25, 0.3) is 0 Å². The lowest BCUT2D eigenvalue weighted by Crippen LogP contribution is -2.16. The number of rotatable bonds is 8. The summed E-state index contributed by atoms with van der Waals surface area (Å²) in [7, 11) is -4.04. The van der Waals surface area contributed by atoms with Crippen molar-refractivity contribution in [2.24, 2.45) is 0 Å². The SMILES string of the molecule is Cc1ccc(S(=O)(=O)Oc2cccc(C(OCc3ccccc3)C(=O)O)c2)cc1. The molecule has 0 heterocycles. The van der Waals surface area contributed by atoms with E-state index in [4.69, 9.17) is 8.92 Å². The molecule has 0 bridgehead atoms. The van der Waals surface area contributed by atoms with Crippen LogP contribution in [-0.4, -0.2) is 19.5 Å². The minimum Gasteiger partial charge on any atom is -0.479 e. The molecule has 0 amide bonds. The summed E-state index contributed by atoms with van der Waals surface area (Å²) in [6.45, 7) is 1.95. The van der Waals surface area contributed by atoms with E-state index < -0.39 is 22.2 Å². The maximum absolute atomic E-state index is 12.5. The van der Waals surface area contributed by atoms with Crippen LogP contribution in [0.2, 0.25) is 0 Å². The van der Waals surface area contributed by atoms with Crippen molar-refractivity contribution in [3.05, 3.63) is 95.6 Å². The topological polar surface area (TPSA) is 89.9 Å². The van der Waals surface area contributed by atoms with Crippen LogP contribution in [0.5, 0.6) is 5.75 Å². The van der Waals surface area contributed by atoms with Crippen LogP contribution in [0.25, 0.3) is 0 Å². The zero-order valence-corrected chi connectivity index (χ0v) is 16.5. The van der Waals surface area contributed by atoms with Crippen LogP contribution in [0.4, 0.5) is 0 Å². The van der Waals surface area contributed by atoms with E-state index in [-0.39, 0.29) is 22.8 Å².